The van der Waals surface area contributed by atoms with Crippen LogP contribution in [-0.2, 0) is 4.84 Å². The molecule has 0 amide bonds. The van der Waals surface area contributed by atoms with Crippen molar-refractivity contribution in [1.29, 1.82) is 0 Å². The molecule has 1 fully saturated rings. The van der Waals surface area contributed by atoms with Crippen molar-refractivity contribution in [3.8, 4) is 11.8 Å². The predicted octanol–water partition coefficient (Wildman–Crippen LogP) is 6.45. The molecule has 0 spiro atoms. The monoisotopic (exact) mass is 404 g/mol. The van der Waals surface area contributed by atoms with Gasteiger partial charge in [-0.3, -0.25) is 0 Å². The molecule has 0 saturated carbocycles. The summed E-state index contributed by atoms with van der Waals surface area (Å²) in [7, 11) is 5.99. The molecule has 1 aliphatic heterocycles. The molecule has 0 aromatic rings. The lowest BCUT2D eigenvalue weighted by Gasteiger charge is -2.29. The van der Waals surface area contributed by atoms with Crippen LogP contribution in [0.3, 0.4) is 0 Å². The van der Waals surface area contributed by atoms with Crippen molar-refractivity contribution in [1.82, 2.24) is 9.96 Å². The van der Waals surface area contributed by atoms with Gasteiger partial charge in [-0.25, -0.2) is 0 Å². The molecule has 1 atom stereocenters. The van der Waals surface area contributed by atoms with Gasteiger partial charge in [0.05, 0.1) is 7.11 Å². The minimum atomic E-state index is 0.935. The summed E-state index contributed by atoms with van der Waals surface area (Å²) < 4.78 is 0. The SMILES string of the molecule is CON(C)CCCCCCCCCCC=CC#CCCCCC1CCCN(C)C1. The molecule has 29 heavy (non-hydrogen) atoms. The normalized spacial score (nSPS) is 17.7. The Bertz CT molecular complexity index is 451. The van der Waals surface area contributed by atoms with Gasteiger partial charge in [0.1, 0.15) is 0 Å². The van der Waals surface area contributed by atoms with Gasteiger partial charge < -0.3 is 9.74 Å². The van der Waals surface area contributed by atoms with Gasteiger partial charge in [-0.05, 0) is 70.5 Å². The Morgan fingerprint density at radius 1 is 1.00 bits per heavy atom. The highest BCUT2D eigenvalue weighted by atomic mass is 16.7. The van der Waals surface area contributed by atoms with Gasteiger partial charge in [-0.1, -0.05) is 62.9 Å². The van der Waals surface area contributed by atoms with E-state index < -0.39 is 0 Å². The Kier molecular flexibility index (Phi) is 17.3. The summed E-state index contributed by atoms with van der Waals surface area (Å²) in [5, 5.41) is 1.91. The van der Waals surface area contributed by atoms with Crippen LogP contribution >= 0.6 is 0 Å². The summed E-state index contributed by atoms with van der Waals surface area (Å²) in [6.45, 7) is 3.65. The largest absolute Gasteiger partial charge is 0.306 e. The smallest absolute Gasteiger partial charge is 0.0575 e. The van der Waals surface area contributed by atoms with Crippen LogP contribution in [0.1, 0.15) is 96.3 Å². The van der Waals surface area contributed by atoms with Crippen LogP contribution in [0.25, 0.3) is 0 Å². The van der Waals surface area contributed by atoms with Crippen LogP contribution in [0.15, 0.2) is 12.2 Å². The summed E-state index contributed by atoms with van der Waals surface area (Å²) in [5.41, 5.74) is 0. The fourth-order valence-electron chi connectivity index (χ4n) is 4.18. The lowest BCUT2D eigenvalue weighted by molar-refractivity contribution is -0.109. The van der Waals surface area contributed by atoms with E-state index in [2.05, 4.69) is 35.9 Å². The van der Waals surface area contributed by atoms with Crippen molar-refractivity contribution in [3.05, 3.63) is 12.2 Å². The number of hydrogen-bond donors (Lipinski definition) is 0. The molecule has 0 radical (unpaired) electrons. The summed E-state index contributed by atoms with van der Waals surface area (Å²) in [6.07, 6.45) is 24.2. The zero-order chi connectivity index (χ0) is 21.0. The Labute approximate surface area is 182 Å². The molecule has 3 nitrogen and oxygen atoms in total. The van der Waals surface area contributed by atoms with Gasteiger partial charge in [-0.2, -0.15) is 5.06 Å². The lowest BCUT2D eigenvalue weighted by atomic mass is 9.93. The van der Waals surface area contributed by atoms with Gasteiger partial charge in [-0.15, -0.1) is 0 Å². The highest BCUT2D eigenvalue weighted by molar-refractivity contribution is 5.14. The number of hydroxylamine groups is 2. The van der Waals surface area contributed by atoms with Crippen molar-refractivity contribution in [2.24, 2.45) is 5.92 Å². The van der Waals surface area contributed by atoms with Crippen molar-refractivity contribution < 1.29 is 4.84 Å². The summed E-state index contributed by atoms with van der Waals surface area (Å²) >= 11 is 0. The van der Waals surface area contributed by atoms with E-state index in [4.69, 9.17) is 4.84 Å². The molecule has 0 aromatic carbocycles. The Balaban J connectivity index is 1.80. The van der Waals surface area contributed by atoms with E-state index in [0.29, 0.717) is 0 Å². The molecule has 1 heterocycles. The number of rotatable bonds is 16. The average Bonchev–Trinajstić information content (AvgIpc) is 2.72. The number of piperidine rings is 1. The molecule has 1 aliphatic rings. The van der Waals surface area contributed by atoms with Gasteiger partial charge in [0.25, 0.3) is 0 Å². The van der Waals surface area contributed by atoms with E-state index in [1.165, 1.54) is 103 Å². The van der Waals surface area contributed by atoms with Crippen LogP contribution in [-0.4, -0.2) is 50.8 Å². The number of likely N-dealkylation sites (tertiary alicyclic amines) is 1. The van der Waals surface area contributed by atoms with Crippen molar-refractivity contribution in [2.75, 3.05) is 40.8 Å². The van der Waals surface area contributed by atoms with Crippen molar-refractivity contribution >= 4 is 0 Å². The third-order valence-corrected chi connectivity index (χ3v) is 6.09. The number of nitrogens with zero attached hydrogens (tertiary/aromatic N) is 2. The molecule has 1 rings (SSSR count). The number of allylic oxidation sites excluding steroid dienone is 2. The van der Waals surface area contributed by atoms with Crippen LogP contribution in [0, 0.1) is 17.8 Å². The predicted molar refractivity (Wildman–Crippen MR) is 127 cm³/mol. The maximum Gasteiger partial charge on any atom is 0.0575 e. The first-order valence-electron chi connectivity index (χ1n) is 12.3. The summed E-state index contributed by atoms with van der Waals surface area (Å²) in [5.74, 6) is 7.48. The first kappa shape index (κ1) is 26.2. The molecule has 0 aromatic heterocycles. The number of unbranched alkanes of at least 4 members (excludes halogenated alkanes) is 10. The fourth-order valence-corrected chi connectivity index (χ4v) is 4.18. The van der Waals surface area contributed by atoms with Crippen LogP contribution in [0.4, 0.5) is 0 Å². The number of hydrogen-bond acceptors (Lipinski definition) is 3. The fraction of sp³-hybridized carbons (Fsp3) is 0.846. The molecule has 1 unspecified atom stereocenters. The highest BCUT2D eigenvalue weighted by Crippen LogP contribution is 2.20. The van der Waals surface area contributed by atoms with E-state index in [9.17, 15) is 0 Å². The summed E-state index contributed by atoms with van der Waals surface area (Å²) in [6, 6.07) is 0. The quantitative estimate of drug-likeness (QED) is 0.167. The first-order valence-corrected chi connectivity index (χ1v) is 12.3. The average molecular weight is 405 g/mol. The third kappa shape index (κ3) is 16.6. The zero-order valence-corrected chi connectivity index (χ0v) is 19.8. The van der Waals surface area contributed by atoms with E-state index in [1.807, 2.05) is 12.1 Å². The minimum Gasteiger partial charge on any atom is -0.306 e. The Morgan fingerprint density at radius 3 is 2.45 bits per heavy atom. The highest BCUT2D eigenvalue weighted by Gasteiger charge is 2.16. The molecule has 0 N–H and O–H groups in total. The Morgan fingerprint density at radius 2 is 1.72 bits per heavy atom. The van der Waals surface area contributed by atoms with E-state index in [1.54, 1.807) is 7.11 Å². The molecule has 0 bridgehead atoms. The first-order chi connectivity index (χ1) is 14.2. The van der Waals surface area contributed by atoms with E-state index in [0.717, 1.165) is 18.9 Å². The minimum absolute atomic E-state index is 0.935. The topological polar surface area (TPSA) is 15.7 Å². The van der Waals surface area contributed by atoms with Gasteiger partial charge in [0, 0.05) is 26.6 Å². The second kappa shape index (κ2) is 19.2. The van der Waals surface area contributed by atoms with Gasteiger partial charge in [0.2, 0.25) is 0 Å². The molecule has 1 saturated heterocycles. The lowest BCUT2D eigenvalue weighted by Crippen LogP contribution is -2.31. The van der Waals surface area contributed by atoms with Crippen LogP contribution in [0.2, 0.25) is 0 Å². The van der Waals surface area contributed by atoms with Crippen LogP contribution < -0.4 is 0 Å². The second-order valence-electron chi connectivity index (χ2n) is 8.89. The zero-order valence-electron chi connectivity index (χ0n) is 19.8. The van der Waals surface area contributed by atoms with E-state index >= 15 is 0 Å². The summed E-state index contributed by atoms with van der Waals surface area (Å²) in [4.78, 5) is 7.61. The standard InChI is InChI=1S/C26H48N2O/c1-27-23-20-22-26(25-27)21-18-16-14-12-10-8-6-4-5-7-9-11-13-15-17-19-24-28(2)29-3/h6,8,26H,4-5,7,9,11,13-25H2,1-3H3. The second-order valence-corrected chi connectivity index (χ2v) is 8.89. The van der Waals surface area contributed by atoms with Crippen LogP contribution in [0.5, 0.6) is 0 Å². The molecular weight excluding hydrogens is 356 g/mol. The molecule has 0 aliphatic carbocycles. The third-order valence-electron chi connectivity index (χ3n) is 6.09. The van der Waals surface area contributed by atoms with Crippen molar-refractivity contribution in [3.63, 3.8) is 0 Å². The van der Waals surface area contributed by atoms with Crippen molar-refractivity contribution in [2.45, 2.75) is 96.3 Å². The Hall–Kier alpha value is -0.820. The molecule has 3 heteroatoms. The molecular formula is C26H48N2O. The maximum atomic E-state index is 5.12. The van der Waals surface area contributed by atoms with Gasteiger partial charge >= 0.3 is 0 Å². The molecule has 168 valence electrons. The maximum absolute atomic E-state index is 5.12. The van der Waals surface area contributed by atoms with E-state index in [-0.39, 0.29) is 0 Å². The van der Waals surface area contributed by atoms with Gasteiger partial charge in [0.15, 0.2) is 0 Å².